The fraction of sp³-hybridized carbons (Fsp3) is 0.167. The van der Waals surface area contributed by atoms with Gasteiger partial charge in [0.25, 0.3) is 0 Å². The molecule has 3 nitrogen and oxygen atoms in total. The Morgan fingerprint density at radius 3 is 2.88 bits per heavy atom. The first-order chi connectivity index (χ1) is 8.27. The van der Waals surface area contributed by atoms with E-state index in [-0.39, 0.29) is 11.7 Å². The summed E-state index contributed by atoms with van der Waals surface area (Å²) < 4.78 is 0. The third-order valence-corrected chi connectivity index (χ3v) is 3.46. The molecule has 0 spiro atoms. The van der Waals surface area contributed by atoms with E-state index in [4.69, 9.17) is 23.2 Å². The van der Waals surface area contributed by atoms with Crippen molar-refractivity contribution in [3.05, 3.63) is 58.9 Å². The molecule has 0 radical (unpaired) electrons. The van der Waals surface area contributed by atoms with Crippen molar-refractivity contribution in [2.24, 2.45) is 10.2 Å². The number of halogens is 2. The normalized spacial score (nSPS) is 26.0. The molecule has 1 aromatic carbocycles. The highest BCUT2D eigenvalue weighted by atomic mass is 35.5. The van der Waals surface area contributed by atoms with Crippen LogP contribution in [-0.4, -0.2) is 10.4 Å². The van der Waals surface area contributed by atoms with Gasteiger partial charge >= 0.3 is 0 Å². The molecule has 1 aromatic rings. The second-order valence-electron chi connectivity index (χ2n) is 3.80. The van der Waals surface area contributed by atoms with E-state index in [9.17, 15) is 0 Å². The molecule has 3 rings (SSSR count). The van der Waals surface area contributed by atoms with Gasteiger partial charge in [-0.3, -0.25) is 0 Å². The molecule has 0 aliphatic carbocycles. The number of fused-ring (bicyclic) bond motifs is 1. The quantitative estimate of drug-likeness (QED) is 0.556. The molecule has 0 saturated heterocycles. The van der Waals surface area contributed by atoms with Crippen molar-refractivity contribution in [2.45, 2.75) is 11.7 Å². The maximum atomic E-state index is 6.25. The number of benzene rings is 1. The Labute approximate surface area is 109 Å². The van der Waals surface area contributed by atoms with Gasteiger partial charge < -0.3 is 4.90 Å². The minimum Gasteiger partial charge on any atom is -0.307 e. The molecule has 2 atom stereocenters. The average Bonchev–Trinajstić information content (AvgIpc) is 2.75. The third-order valence-electron chi connectivity index (χ3n) is 2.76. The minimum absolute atomic E-state index is 0.234. The Hall–Kier alpha value is -1.32. The number of hydrogen-bond acceptors (Lipinski definition) is 3. The van der Waals surface area contributed by atoms with E-state index in [0.29, 0.717) is 5.02 Å². The van der Waals surface area contributed by atoms with Crippen LogP contribution < -0.4 is 0 Å². The van der Waals surface area contributed by atoms with Crippen LogP contribution in [0.15, 0.2) is 58.5 Å². The molecule has 5 heteroatoms. The molecular formula is C12H9Cl2N3. The number of nitrogens with zero attached hydrogens (tertiary/aromatic N) is 3. The van der Waals surface area contributed by atoms with E-state index in [2.05, 4.69) is 10.2 Å². The van der Waals surface area contributed by atoms with Crippen molar-refractivity contribution >= 4 is 23.2 Å². The van der Waals surface area contributed by atoms with E-state index in [1.165, 1.54) is 0 Å². The molecule has 2 heterocycles. The summed E-state index contributed by atoms with van der Waals surface area (Å²) in [5, 5.41) is 9.04. The van der Waals surface area contributed by atoms with E-state index < -0.39 is 0 Å². The van der Waals surface area contributed by atoms with E-state index in [1.54, 1.807) is 0 Å². The van der Waals surface area contributed by atoms with Crippen molar-refractivity contribution in [3.8, 4) is 0 Å². The summed E-state index contributed by atoms with van der Waals surface area (Å²) in [6, 6.07) is 7.61. The van der Waals surface area contributed by atoms with Gasteiger partial charge in [-0.2, -0.15) is 5.11 Å². The van der Waals surface area contributed by atoms with Gasteiger partial charge in [0.1, 0.15) is 5.50 Å². The van der Waals surface area contributed by atoms with Crippen LogP contribution in [0.2, 0.25) is 5.02 Å². The van der Waals surface area contributed by atoms with E-state index >= 15 is 0 Å². The fourth-order valence-electron chi connectivity index (χ4n) is 1.95. The lowest BCUT2D eigenvalue weighted by atomic mass is 10.1. The van der Waals surface area contributed by atoms with Gasteiger partial charge in [0.05, 0.1) is 0 Å². The zero-order valence-electron chi connectivity index (χ0n) is 8.79. The van der Waals surface area contributed by atoms with Crippen LogP contribution in [0.1, 0.15) is 11.7 Å². The van der Waals surface area contributed by atoms with Gasteiger partial charge in [0.15, 0.2) is 12.0 Å². The second-order valence-corrected chi connectivity index (χ2v) is 4.65. The smallest absolute Gasteiger partial charge is 0.172 e. The van der Waals surface area contributed by atoms with Gasteiger partial charge in [0.2, 0.25) is 0 Å². The molecule has 0 bridgehead atoms. The number of allylic oxidation sites excluding steroid dienone is 2. The van der Waals surface area contributed by atoms with Crippen LogP contribution in [0.4, 0.5) is 0 Å². The Morgan fingerprint density at radius 1 is 1.24 bits per heavy atom. The first-order valence-corrected chi connectivity index (χ1v) is 6.05. The van der Waals surface area contributed by atoms with E-state index in [1.807, 2.05) is 47.4 Å². The maximum absolute atomic E-state index is 6.25. The van der Waals surface area contributed by atoms with Crippen molar-refractivity contribution in [3.63, 3.8) is 0 Å². The lowest BCUT2D eigenvalue weighted by molar-refractivity contribution is 0.294. The summed E-state index contributed by atoms with van der Waals surface area (Å²) in [5.74, 6) is 0.775. The molecule has 0 aromatic heterocycles. The molecular weight excluding hydrogens is 257 g/mol. The van der Waals surface area contributed by atoms with Crippen LogP contribution in [-0.2, 0) is 0 Å². The van der Waals surface area contributed by atoms with Gasteiger partial charge in [-0.1, -0.05) is 47.5 Å². The standard InChI is InChI=1S/C12H9Cl2N3/c13-9-5-2-1-4-8(9)12-16-15-11-7-3-6-10(14)17(11)12/h1-7,10,12H. The summed E-state index contributed by atoms with van der Waals surface area (Å²) in [5.41, 5.74) is 0.675. The largest absolute Gasteiger partial charge is 0.307 e. The molecule has 2 aliphatic heterocycles. The highest BCUT2D eigenvalue weighted by Crippen LogP contribution is 2.40. The minimum atomic E-state index is -0.244. The van der Waals surface area contributed by atoms with Crippen LogP contribution in [0.25, 0.3) is 0 Å². The zero-order chi connectivity index (χ0) is 11.8. The number of azo groups is 1. The highest BCUT2D eigenvalue weighted by molar-refractivity contribution is 6.31. The Balaban J connectivity index is 2.02. The van der Waals surface area contributed by atoms with Crippen LogP contribution in [0.5, 0.6) is 0 Å². The van der Waals surface area contributed by atoms with Gasteiger partial charge in [-0.15, -0.1) is 5.11 Å². The second kappa shape index (κ2) is 4.17. The van der Waals surface area contributed by atoms with E-state index in [0.717, 1.165) is 11.4 Å². The van der Waals surface area contributed by atoms with Crippen molar-refractivity contribution in [1.29, 1.82) is 0 Å². The SMILES string of the molecule is Clc1ccccc1C1N=NC2=CC=CC(Cl)N21. The maximum Gasteiger partial charge on any atom is 0.172 e. The molecule has 2 aliphatic rings. The van der Waals surface area contributed by atoms with Crippen LogP contribution in [0.3, 0.4) is 0 Å². The van der Waals surface area contributed by atoms with Gasteiger partial charge in [-0.25, -0.2) is 0 Å². The highest BCUT2D eigenvalue weighted by Gasteiger charge is 2.33. The lowest BCUT2D eigenvalue weighted by Gasteiger charge is -2.29. The lowest BCUT2D eigenvalue weighted by Crippen LogP contribution is -2.30. The van der Waals surface area contributed by atoms with Crippen molar-refractivity contribution < 1.29 is 0 Å². The molecule has 0 amide bonds. The molecule has 0 N–H and O–H groups in total. The number of hydrogen-bond donors (Lipinski definition) is 0. The summed E-state index contributed by atoms with van der Waals surface area (Å²) in [6.07, 6.45) is 5.43. The predicted molar refractivity (Wildman–Crippen MR) is 67.8 cm³/mol. The topological polar surface area (TPSA) is 28.0 Å². The van der Waals surface area contributed by atoms with Crippen molar-refractivity contribution in [2.75, 3.05) is 0 Å². The molecule has 0 saturated carbocycles. The van der Waals surface area contributed by atoms with Gasteiger partial charge in [-0.05, 0) is 18.2 Å². The fourth-order valence-corrected chi connectivity index (χ4v) is 2.47. The summed E-state index contributed by atoms with van der Waals surface area (Å²) in [7, 11) is 0. The number of alkyl halides is 1. The van der Waals surface area contributed by atoms with Gasteiger partial charge in [0, 0.05) is 10.6 Å². The van der Waals surface area contributed by atoms with Crippen LogP contribution in [0, 0.1) is 0 Å². The predicted octanol–water partition coefficient (Wildman–Crippen LogP) is 4.08. The Kier molecular flexibility index (Phi) is 2.65. The molecule has 0 fully saturated rings. The summed E-state index contributed by atoms with van der Waals surface area (Å²) in [4.78, 5) is 1.93. The molecule has 2 unspecified atom stereocenters. The average molecular weight is 266 g/mol. The Morgan fingerprint density at radius 2 is 2.06 bits per heavy atom. The number of rotatable bonds is 1. The third kappa shape index (κ3) is 1.75. The first-order valence-electron chi connectivity index (χ1n) is 5.23. The summed E-state index contributed by atoms with van der Waals surface area (Å²) >= 11 is 12.4. The Bertz CT molecular complexity index is 536. The first kappa shape index (κ1) is 10.8. The zero-order valence-corrected chi connectivity index (χ0v) is 10.3. The monoisotopic (exact) mass is 265 g/mol. The summed E-state index contributed by atoms with van der Waals surface area (Å²) in [6.45, 7) is 0. The van der Waals surface area contributed by atoms with Crippen LogP contribution >= 0.6 is 23.2 Å². The van der Waals surface area contributed by atoms with Crippen molar-refractivity contribution in [1.82, 2.24) is 4.90 Å². The molecule has 86 valence electrons. The molecule has 17 heavy (non-hydrogen) atoms.